The molecule has 1 fully saturated rings. The molecule has 1 rings (SSSR count). The van der Waals surface area contributed by atoms with Gasteiger partial charge in [0.05, 0.1) is 0 Å². The van der Waals surface area contributed by atoms with Crippen LogP contribution in [0, 0.1) is 0 Å². The van der Waals surface area contributed by atoms with Gasteiger partial charge in [0.15, 0.2) is 0 Å². The van der Waals surface area contributed by atoms with E-state index in [2.05, 4.69) is 13.8 Å². The van der Waals surface area contributed by atoms with E-state index in [0.717, 1.165) is 0 Å². The van der Waals surface area contributed by atoms with Gasteiger partial charge in [-0.3, -0.25) is 0 Å². The third-order valence-electron chi connectivity index (χ3n) is 4.29. The van der Waals surface area contributed by atoms with Crippen molar-refractivity contribution in [2.45, 2.75) is 83.0 Å². The van der Waals surface area contributed by atoms with Crippen LogP contribution >= 0.6 is 0 Å². The molecule has 0 aromatic heterocycles. The first-order chi connectivity index (χ1) is 7.33. The van der Waals surface area contributed by atoms with Gasteiger partial charge in [0.1, 0.15) is 0 Å². The van der Waals surface area contributed by atoms with E-state index < -0.39 is 18.4 Å². The van der Waals surface area contributed by atoms with Crippen molar-refractivity contribution in [1.29, 1.82) is 0 Å². The van der Waals surface area contributed by atoms with Crippen LogP contribution in [-0.4, -0.2) is 18.4 Å². The van der Waals surface area contributed by atoms with Gasteiger partial charge < -0.3 is 0 Å². The molecular formula is C14H30Sn. The number of unbranched alkanes of at least 4 members (excludes halogenated alkanes) is 4. The van der Waals surface area contributed by atoms with Gasteiger partial charge in [-0.15, -0.1) is 0 Å². The fraction of sp³-hybridized carbons (Fsp3) is 1.00. The molecule has 0 atom stereocenters. The van der Waals surface area contributed by atoms with Crippen molar-refractivity contribution >= 4 is 18.4 Å². The quantitative estimate of drug-likeness (QED) is 0.403. The zero-order valence-corrected chi connectivity index (χ0v) is 13.8. The van der Waals surface area contributed by atoms with Gasteiger partial charge in [0.2, 0.25) is 0 Å². The third-order valence-corrected chi connectivity index (χ3v) is 20.4. The van der Waals surface area contributed by atoms with Crippen LogP contribution in [0.4, 0.5) is 0 Å². The van der Waals surface area contributed by atoms with Crippen molar-refractivity contribution in [2.24, 2.45) is 0 Å². The van der Waals surface area contributed by atoms with Gasteiger partial charge in [0, 0.05) is 0 Å². The first kappa shape index (κ1) is 13.9. The second kappa shape index (κ2) is 7.97. The zero-order chi connectivity index (χ0) is 11.0. The van der Waals surface area contributed by atoms with Gasteiger partial charge in [-0.1, -0.05) is 0 Å². The average molecular weight is 317 g/mol. The number of hydrogen-bond donors (Lipinski definition) is 0. The fourth-order valence-corrected chi connectivity index (χ4v) is 18.9. The SMILES string of the molecule is CCCC[CH2][Sn]1([CH2]CCCC)[CH2]CC[CH2]1. The van der Waals surface area contributed by atoms with Crippen molar-refractivity contribution in [2.75, 3.05) is 0 Å². The Bertz CT molecular complexity index is 135. The summed E-state index contributed by atoms with van der Waals surface area (Å²) in [6, 6.07) is 0. The molecule has 0 amide bonds. The molecule has 0 aliphatic carbocycles. The normalized spacial score (nSPS) is 19.6. The first-order valence-electron chi connectivity index (χ1n) is 7.33. The molecule has 0 unspecified atom stereocenters. The van der Waals surface area contributed by atoms with Crippen molar-refractivity contribution in [1.82, 2.24) is 0 Å². The molecule has 0 nitrogen and oxygen atoms in total. The van der Waals surface area contributed by atoms with Crippen molar-refractivity contribution in [3.63, 3.8) is 0 Å². The monoisotopic (exact) mass is 318 g/mol. The van der Waals surface area contributed by atoms with Crippen molar-refractivity contribution in [3.8, 4) is 0 Å². The molecule has 1 aliphatic rings. The third kappa shape index (κ3) is 5.10. The predicted molar refractivity (Wildman–Crippen MR) is 73.3 cm³/mol. The van der Waals surface area contributed by atoms with E-state index in [1.807, 2.05) is 0 Å². The van der Waals surface area contributed by atoms with Crippen LogP contribution in [0.15, 0.2) is 0 Å². The van der Waals surface area contributed by atoms with Crippen LogP contribution in [0.5, 0.6) is 0 Å². The molecule has 1 heterocycles. The molecule has 0 aromatic carbocycles. The summed E-state index contributed by atoms with van der Waals surface area (Å²) in [6.45, 7) is 4.68. The zero-order valence-electron chi connectivity index (χ0n) is 11.0. The van der Waals surface area contributed by atoms with Crippen LogP contribution < -0.4 is 0 Å². The number of rotatable bonds is 8. The van der Waals surface area contributed by atoms with Gasteiger partial charge in [-0.25, -0.2) is 0 Å². The summed E-state index contributed by atoms with van der Waals surface area (Å²) >= 11 is -1.48. The van der Waals surface area contributed by atoms with Gasteiger partial charge in [-0.2, -0.15) is 0 Å². The molecule has 1 saturated heterocycles. The van der Waals surface area contributed by atoms with Crippen LogP contribution in [-0.2, 0) is 0 Å². The minimum atomic E-state index is -1.48. The van der Waals surface area contributed by atoms with E-state index in [0.29, 0.717) is 0 Å². The summed E-state index contributed by atoms with van der Waals surface area (Å²) in [7, 11) is 0. The molecule has 0 radical (unpaired) electrons. The van der Waals surface area contributed by atoms with Gasteiger partial charge in [-0.05, 0) is 0 Å². The molecule has 0 aromatic rings. The summed E-state index contributed by atoms with van der Waals surface area (Å²) in [5.74, 6) is 0. The molecule has 0 saturated carbocycles. The molecule has 0 N–H and O–H groups in total. The van der Waals surface area contributed by atoms with Crippen LogP contribution in [0.3, 0.4) is 0 Å². The van der Waals surface area contributed by atoms with E-state index >= 15 is 0 Å². The summed E-state index contributed by atoms with van der Waals surface area (Å²) in [5.41, 5.74) is 0. The molecule has 1 heteroatoms. The fourth-order valence-electron chi connectivity index (χ4n) is 3.25. The standard InChI is InChI=1S/2C5H11.C4H8.Sn/c2*1-3-5-4-2;1-3-4-2;/h2*1,3-5H2,2H3;1-4H2;. The second-order valence-electron chi connectivity index (χ2n) is 5.62. The Morgan fingerprint density at radius 1 is 0.733 bits per heavy atom. The Hall–Kier alpha value is 0.799. The predicted octanol–water partition coefficient (Wildman–Crippen LogP) is 5.61. The van der Waals surface area contributed by atoms with Gasteiger partial charge >= 0.3 is 101 Å². The Morgan fingerprint density at radius 3 is 1.60 bits per heavy atom. The molecule has 90 valence electrons. The molecule has 15 heavy (non-hydrogen) atoms. The summed E-state index contributed by atoms with van der Waals surface area (Å²) < 4.78 is 6.99. The van der Waals surface area contributed by atoms with E-state index in [-0.39, 0.29) is 0 Å². The summed E-state index contributed by atoms with van der Waals surface area (Å²) in [4.78, 5) is 0. The van der Waals surface area contributed by atoms with Crippen LogP contribution in [0.1, 0.15) is 65.2 Å². The van der Waals surface area contributed by atoms with E-state index in [4.69, 9.17) is 0 Å². The molecular weight excluding hydrogens is 287 g/mol. The Morgan fingerprint density at radius 2 is 1.20 bits per heavy atom. The van der Waals surface area contributed by atoms with Gasteiger partial charge in [0.25, 0.3) is 0 Å². The van der Waals surface area contributed by atoms with Crippen molar-refractivity contribution in [3.05, 3.63) is 0 Å². The Balaban J connectivity index is 2.26. The minimum absolute atomic E-state index is 1.41. The Kier molecular flexibility index (Phi) is 7.37. The summed E-state index contributed by atoms with van der Waals surface area (Å²) in [5, 5.41) is 0. The summed E-state index contributed by atoms with van der Waals surface area (Å²) in [6.07, 6.45) is 12.2. The Labute approximate surface area is 101 Å². The maximum absolute atomic E-state index is 2.34. The molecule has 0 bridgehead atoms. The maximum atomic E-state index is 2.34. The van der Waals surface area contributed by atoms with E-state index in [9.17, 15) is 0 Å². The topological polar surface area (TPSA) is 0 Å². The van der Waals surface area contributed by atoms with E-state index in [1.165, 1.54) is 25.7 Å². The molecule has 0 spiro atoms. The molecule has 1 aliphatic heterocycles. The first-order valence-corrected chi connectivity index (χ1v) is 15.4. The van der Waals surface area contributed by atoms with Crippen molar-refractivity contribution < 1.29 is 0 Å². The van der Waals surface area contributed by atoms with Crippen LogP contribution in [0.2, 0.25) is 17.7 Å². The number of hydrogen-bond acceptors (Lipinski definition) is 0. The average Bonchev–Trinajstić information content (AvgIpc) is 2.68. The van der Waals surface area contributed by atoms with Crippen LogP contribution in [0.25, 0.3) is 0 Å². The second-order valence-corrected chi connectivity index (χ2v) is 19.9. The van der Waals surface area contributed by atoms with E-state index in [1.54, 1.807) is 43.4 Å².